The second kappa shape index (κ2) is 7.86. The highest BCUT2D eigenvalue weighted by Crippen LogP contribution is 2.21. The van der Waals surface area contributed by atoms with Crippen LogP contribution in [0.2, 0.25) is 0 Å². The van der Waals surface area contributed by atoms with Gasteiger partial charge in [-0.05, 0) is 31.0 Å². The first kappa shape index (κ1) is 16.4. The molecular formula is C17H23FN2O3. The fraction of sp³-hybridized carbons (Fsp3) is 0.588. The van der Waals surface area contributed by atoms with Crippen LogP contribution in [0.15, 0.2) is 24.3 Å². The van der Waals surface area contributed by atoms with Gasteiger partial charge in [0.15, 0.2) is 0 Å². The molecule has 2 aliphatic rings. The fourth-order valence-electron chi connectivity index (χ4n) is 3.10. The number of carbonyl (C=O) groups excluding carboxylic acids is 1. The first-order valence-corrected chi connectivity index (χ1v) is 8.22. The number of carbonyl (C=O) groups is 1. The Morgan fingerprint density at radius 3 is 2.96 bits per heavy atom. The maximum Gasteiger partial charge on any atom is 0.225 e. The molecule has 1 N–H and O–H groups in total. The molecule has 1 amide bonds. The van der Waals surface area contributed by atoms with E-state index in [9.17, 15) is 9.18 Å². The van der Waals surface area contributed by atoms with Gasteiger partial charge in [0.1, 0.15) is 5.82 Å². The van der Waals surface area contributed by atoms with Gasteiger partial charge in [-0.15, -0.1) is 0 Å². The van der Waals surface area contributed by atoms with E-state index in [2.05, 4.69) is 10.2 Å². The molecule has 126 valence electrons. The van der Waals surface area contributed by atoms with Gasteiger partial charge in [-0.25, -0.2) is 4.39 Å². The van der Waals surface area contributed by atoms with E-state index >= 15 is 0 Å². The number of morpholine rings is 1. The van der Waals surface area contributed by atoms with E-state index < -0.39 is 0 Å². The average molecular weight is 322 g/mol. The number of benzene rings is 1. The summed E-state index contributed by atoms with van der Waals surface area (Å²) in [5.41, 5.74) is 0.495. The summed E-state index contributed by atoms with van der Waals surface area (Å²) >= 11 is 0. The van der Waals surface area contributed by atoms with Crippen molar-refractivity contribution in [1.29, 1.82) is 0 Å². The molecule has 0 spiro atoms. The lowest BCUT2D eigenvalue weighted by Crippen LogP contribution is -2.48. The Morgan fingerprint density at radius 2 is 2.17 bits per heavy atom. The number of hydrogen-bond donors (Lipinski definition) is 1. The van der Waals surface area contributed by atoms with Crippen LogP contribution in [0.3, 0.4) is 0 Å². The predicted molar refractivity (Wildman–Crippen MR) is 84.8 cm³/mol. The van der Waals surface area contributed by atoms with Crippen LogP contribution in [-0.4, -0.2) is 55.9 Å². The van der Waals surface area contributed by atoms with Crippen molar-refractivity contribution in [3.05, 3.63) is 30.1 Å². The Hall–Kier alpha value is -1.50. The molecule has 5 nitrogen and oxygen atoms in total. The molecule has 6 heteroatoms. The van der Waals surface area contributed by atoms with Gasteiger partial charge in [0, 0.05) is 38.3 Å². The number of nitrogens with zero attached hydrogens (tertiary/aromatic N) is 1. The molecule has 2 saturated heterocycles. The molecule has 2 aliphatic heterocycles. The minimum absolute atomic E-state index is 0.101. The van der Waals surface area contributed by atoms with E-state index in [-0.39, 0.29) is 23.9 Å². The van der Waals surface area contributed by atoms with Crippen LogP contribution in [0.25, 0.3) is 0 Å². The Balaban J connectivity index is 1.43. The number of halogens is 1. The Bertz CT molecular complexity index is 534. The molecule has 0 aromatic heterocycles. The monoisotopic (exact) mass is 322 g/mol. The zero-order valence-corrected chi connectivity index (χ0v) is 13.2. The molecular weight excluding hydrogens is 299 g/mol. The average Bonchev–Trinajstić information content (AvgIpc) is 3.08. The highest BCUT2D eigenvalue weighted by Gasteiger charge is 2.31. The van der Waals surface area contributed by atoms with E-state index in [1.807, 2.05) is 0 Å². The summed E-state index contributed by atoms with van der Waals surface area (Å²) in [6.45, 7) is 3.80. The fourth-order valence-corrected chi connectivity index (χ4v) is 3.10. The molecule has 23 heavy (non-hydrogen) atoms. The minimum atomic E-state index is -0.351. The van der Waals surface area contributed by atoms with Gasteiger partial charge in [0.05, 0.1) is 18.8 Å². The standard InChI is InChI=1S/C17H23FN2O3/c18-13-3-1-4-14(11-13)19-17(21)6-7-20-8-10-23-16(12-20)15-5-2-9-22-15/h1,3-4,11,15-16H,2,5-10,12H2,(H,19,21)/t15-,16+/m1/s1. The number of nitrogens with one attached hydrogen (secondary N) is 1. The summed E-state index contributed by atoms with van der Waals surface area (Å²) in [7, 11) is 0. The molecule has 0 radical (unpaired) electrons. The summed E-state index contributed by atoms with van der Waals surface area (Å²) in [6, 6.07) is 5.94. The third kappa shape index (κ3) is 4.73. The molecule has 0 bridgehead atoms. The van der Waals surface area contributed by atoms with Crippen molar-refractivity contribution in [2.45, 2.75) is 31.5 Å². The predicted octanol–water partition coefficient (Wildman–Crippen LogP) is 2.03. The van der Waals surface area contributed by atoms with E-state index in [1.165, 1.54) is 12.1 Å². The number of hydrogen-bond acceptors (Lipinski definition) is 4. The Labute approximate surface area is 135 Å². The molecule has 1 aromatic rings. The summed E-state index contributed by atoms with van der Waals surface area (Å²) in [6.07, 6.45) is 2.84. The van der Waals surface area contributed by atoms with Gasteiger partial charge in [-0.1, -0.05) is 6.07 Å². The van der Waals surface area contributed by atoms with Gasteiger partial charge < -0.3 is 14.8 Å². The van der Waals surface area contributed by atoms with Crippen molar-refractivity contribution in [2.24, 2.45) is 0 Å². The summed E-state index contributed by atoms with van der Waals surface area (Å²) in [5.74, 6) is -0.453. The van der Waals surface area contributed by atoms with E-state index in [4.69, 9.17) is 9.47 Å². The zero-order valence-electron chi connectivity index (χ0n) is 13.2. The maximum atomic E-state index is 13.1. The SMILES string of the molecule is O=C(CCN1CCO[C@H]([C@H]2CCCO2)C1)Nc1cccc(F)c1. The summed E-state index contributed by atoms with van der Waals surface area (Å²) in [5, 5.41) is 2.73. The zero-order chi connectivity index (χ0) is 16.1. The van der Waals surface area contributed by atoms with Crippen LogP contribution in [0.5, 0.6) is 0 Å². The van der Waals surface area contributed by atoms with Crippen LogP contribution < -0.4 is 5.32 Å². The summed E-state index contributed by atoms with van der Waals surface area (Å²) in [4.78, 5) is 14.2. The van der Waals surface area contributed by atoms with Gasteiger partial charge in [-0.2, -0.15) is 0 Å². The Morgan fingerprint density at radius 1 is 1.30 bits per heavy atom. The maximum absolute atomic E-state index is 13.1. The van der Waals surface area contributed by atoms with Crippen molar-refractivity contribution in [3.63, 3.8) is 0 Å². The molecule has 2 atom stereocenters. The molecule has 2 fully saturated rings. The topological polar surface area (TPSA) is 50.8 Å². The van der Waals surface area contributed by atoms with Crippen molar-refractivity contribution < 1.29 is 18.7 Å². The van der Waals surface area contributed by atoms with E-state index in [1.54, 1.807) is 12.1 Å². The first-order valence-electron chi connectivity index (χ1n) is 8.22. The molecule has 2 heterocycles. The number of anilines is 1. The van der Waals surface area contributed by atoms with Crippen LogP contribution in [0, 0.1) is 5.82 Å². The molecule has 3 rings (SSSR count). The quantitative estimate of drug-likeness (QED) is 0.901. The summed E-state index contributed by atoms with van der Waals surface area (Å²) < 4.78 is 24.6. The molecule has 0 saturated carbocycles. The van der Waals surface area contributed by atoms with Crippen LogP contribution in [-0.2, 0) is 14.3 Å². The van der Waals surface area contributed by atoms with E-state index in [0.717, 1.165) is 32.5 Å². The lowest BCUT2D eigenvalue weighted by molar-refractivity contribution is -0.118. The smallest absolute Gasteiger partial charge is 0.225 e. The van der Waals surface area contributed by atoms with Gasteiger partial charge in [-0.3, -0.25) is 9.69 Å². The highest BCUT2D eigenvalue weighted by molar-refractivity contribution is 5.90. The number of ether oxygens (including phenoxy) is 2. The highest BCUT2D eigenvalue weighted by atomic mass is 19.1. The molecule has 1 aromatic carbocycles. The molecule has 0 aliphatic carbocycles. The lowest BCUT2D eigenvalue weighted by Gasteiger charge is -2.35. The number of rotatable bonds is 5. The van der Waals surface area contributed by atoms with Gasteiger partial charge in [0.2, 0.25) is 5.91 Å². The van der Waals surface area contributed by atoms with Gasteiger partial charge >= 0.3 is 0 Å². The van der Waals surface area contributed by atoms with Crippen molar-refractivity contribution in [1.82, 2.24) is 4.90 Å². The van der Waals surface area contributed by atoms with Crippen molar-refractivity contribution in [2.75, 3.05) is 38.2 Å². The first-order chi connectivity index (χ1) is 11.2. The second-order valence-corrected chi connectivity index (χ2v) is 6.07. The van der Waals surface area contributed by atoms with E-state index in [0.29, 0.717) is 25.3 Å². The molecule has 0 unspecified atom stereocenters. The lowest BCUT2D eigenvalue weighted by atomic mass is 10.1. The number of amides is 1. The van der Waals surface area contributed by atoms with Crippen LogP contribution in [0.4, 0.5) is 10.1 Å². The van der Waals surface area contributed by atoms with Crippen LogP contribution >= 0.6 is 0 Å². The van der Waals surface area contributed by atoms with Crippen molar-refractivity contribution in [3.8, 4) is 0 Å². The second-order valence-electron chi connectivity index (χ2n) is 6.07. The largest absolute Gasteiger partial charge is 0.375 e. The normalized spacial score (nSPS) is 25.4. The Kier molecular flexibility index (Phi) is 5.59. The third-order valence-corrected chi connectivity index (χ3v) is 4.32. The van der Waals surface area contributed by atoms with Crippen molar-refractivity contribution >= 4 is 11.6 Å². The van der Waals surface area contributed by atoms with Crippen LogP contribution in [0.1, 0.15) is 19.3 Å². The third-order valence-electron chi connectivity index (χ3n) is 4.32. The minimum Gasteiger partial charge on any atom is -0.375 e. The van der Waals surface area contributed by atoms with Gasteiger partial charge in [0.25, 0.3) is 0 Å².